The van der Waals surface area contributed by atoms with E-state index in [9.17, 15) is 14.4 Å². The van der Waals surface area contributed by atoms with Crippen LogP contribution in [0.2, 0.25) is 0 Å². The fourth-order valence-corrected chi connectivity index (χ4v) is 1.76. The standard InChI is InChI=1S/C8H16O2.C6H12O2.C5H10O2/c1-2-3-4-5-6-7-8(9)10;1-2-3-4-5-6(7)8;1-4(2)3-5(6)7/h2-7H2,1H3,(H,9,10);2-5H2,1H3,(H,7,8);4H,3H2,1-2H3,(H,6,7). The Hall–Kier alpha value is -1.59. The number of aliphatic carboxylic acids is 3. The molecule has 0 heterocycles. The maximum Gasteiger partial charge on any atom is 0.303 e. The van der Waals surface area contributed by atoms with Gasteiger partial charge in [-0.25, -0.2) is 0 Å². The van der Waals surface area contributed by atoms with Crippen molar-refractivity contribution in [3.05, 3.63) is 0 Å². The highest BCUT2D eigenvalue weighted by atomic mass is 16.4. The van der Waals surface area contributed by atoms with Crippen LogP contribution in [0.1, 0.15) is 98.3 Å². The van der Waals surface area contributed by atoms with Crippen LogP contribution in [0, 0.1) is 5.92 Å². The topological polar surface area (TPSA) is 112 Å². The molecule has 0 aliphatic carbocycles. The Morgan fingerprint density at radius 2 is 1.00 bits per heavy atom. The Kier molecular flexibility index (Phi) is 25.3. The first-order valence-electron chi connectivity index (χ1n) is 9.32. The Morgan fingerprint density at radius 3 is 1.28 bits per heavy atom. The van der Waals surface area contributed by atoms with Gasteiger partial charge in [0.1, 0.15) is 0 Å². The van der Waals surface area contributed by atoms with Crippen LogP contribution < -0.4 is 0 Å². The predicted molar refractivity (Wildman–Crippen MR) is 99.9 cm³/mol. The zero-order valence-electron chi connectivity index (χ0n) is 16.4. The van der Waals surface area contributed by atoms with E-state index in [1.807, 2.05) is 13.8 Å². The van der Waals surface area contributed by atoms with Crippen LogP contribution in [-0.4, -0.2) is 33.2 Å². The van der Waals surface area contributed by atoms with Gasteiger partial charge < -0.3 is 15.3 Å². The lowest BCUT2D eigenvalue weighted by Gasteiger charge is -1.95. The third-order valence-electron chi connectivity index (χ3n) is 3.07. The highest BCUT2D eigenvalue weighted by molar-refractivity contribution is 5.67. The van der Waals surface area contributed by atoms with Crippen LogP contribution in [-0.2, 0) is 14.4 Å². The van der Waals surface area contributed by atoms with Crippen LogP contribution in [0.5, 0.6) is 0 Å². The summed E-state index contributed by atoms with van der Waals surface area (Å²) in [5.41, 5.74) is 0. The van der Waals surface area contributed by atoms with Crippen molar-refractivity contribution in [2.75, 3.05) is 0 Å². The zero-order valence-corrected chi connectivity index (χ0v) is 16.4. The second-order valence-corrected chi connectivity index (χ2v) is 6.40. The van der Waals surface area contributed by atoms with Gasteiger partial charge in [-0.3, -0.25) is 14.4 Å². The van der Waals surface area contributed by atoms with Gasteiger partial charge in [0.05, 0.1) is 0 Å². The first-order valence-corrected chi connectivity index (χ1v) is 9.32. The van der Waals surface area contributed by atoms with Crippen LogP contribution in [0.15, 0.2) is 0 Å². The van der Waals surface area contributed by atoms with E-state index >= 15 is 0 Å². The van der Waals surface area contributed by atoms with Gasteiger partial charge >= 0.3 is 17.9 Å². The van der Waals surface area contributed by atoms with Crippen molar-refractivity contribution in [2.45, 2.75) is 98.3 Å². The molecule has 0 spiro atoms. The molecule has 0 fully saturated rings. The summed E-state index contributed by atoms with van der Waals surface area (Å²) in [5.74, 6) is -1.79. The molecule has 0 unspecified atom stereocenters. The summed E-state index contributed by atoms with van der Waals surface area (Å²) in [6.07, 6.45) is 9.44. The fourth-order valence-electron chi connectivity index (χ4n) is 1.76. The molecule has 0 saturated heterocycles. The lowest BCUT2D eigenvalue weighted by molar-refractivity contribution is -0.138. The van der Waals surface area contributed by atoms with E-state index in [1.54, 1.807) is 0 Å². The Bertz CT molecular complexity index is 326. The summed E-state index contributed by atoms with van der Waals surface area (Å²) in [6.45, 7) is 7.97. The van der Waals surface area contributed by atoms with Crippen LogP contribution in [0.4, 0.5) is 0 Å². The molecule has 0 aliphatic rings. The quantitative estimate of drug-likeness (QED) is 0.411. The summed E-state index contributed by atoms with van der Waals surface area (Å²) in [7, 11) is 0. The molecular formula is C19H38O6. The van der Waals surface area contributed by atoms with Gasteiger partial charge in [0.15, 0.2) is 0 Å². The number of carboxylic acid groups (broad SMARTS) is 3. The molecule has 0 aromatic rings. The summed E-state index contributed by atoms with van der Waals surface area (Å²) < 4.78 is 0. The molecule has 6 heteroatoms. The van der Waals surface area contributed by atoms with Crippen molar-refractivity contribution in [3.8, 4) is 0 Å². The smallest absolute Gasteiger partial charge is 0.303 e. The van der Waals surface area contributed by atoms with Gasteiger partial charge in [-0.1, -0.05) is 66.2 Å². The fraction of sp³-hybridized carbons (Fsp3) is 0.842. The molecule has 25 heavy (non-hydrogen) atoms. The van der Waals surface area contributed by atoms with E-state index in [2.05, 4.69) is 13.8 Å². The number of rotatable bonds is 12. The third-order valence-corrected chi connectivity index (χ3v) is 3.07. The van der Waals surface area contributed by atoms with Crippen LogP contribution in [0.25, 0.3) is 0 Å². The number of unbranched alkanes of at least 4 members (excludes halogenated alkanes) is 6. The monoisotopic (exact) mass is 362 g/mol. The lowest BCUT2D eigenvalue weighted by Crippen LogP contribution is -1.99. The van der Waals surface area contributed by atoms with Gasteiger partial charge in [-0.05, 0) is 18.8 Å². The Balaban J connectivity index is -0.000000296. The molecule has 0 atom stereocenters. The van der Waals surface area contributed by atoms with Gasteiger partial charge in [0.25, 0.3) is 0 Å². The summed E-state index contributed by atoms with van der Waals surface area (Å²) >= 11 is 0. The van der Waals surface area contributed by atoms with Crippen molar-refractivity contribution in [2.24, 2.45) is 5.92 Å². The van der Waals surface area contributed by atoms with E-state index in [4.69, 9.17) is 15.3 Å². The third kappa shape index (κ3) is 45.0. The van der Waals surface area contributed by atoms with Crippen LogP contribution in [0.3, 0.4) is 0 Å². The maximum atomic E-state index is 10.0. The largest absolute Gasteiger partial charge is 0.481 e. The minimum atomic E-state index is -0.713. The average molecular weight is 363 g/mol. The molecule has 0 amide bonds. The minimum absolute atomic E-state index is 0.275. The number of carbonyl (C=O) groups is 3. The van der Waals surface area contributed by atoms with Crippen molar-refractivity contribution in [3.63, 3.8) is 0 Å². The summed E-state index contributed by atoms with van der Waals surface area (Å²) in [5, 5.41) is 24.5. The SMILES string of the molecule is CC(C)CC(=O)O.CCCCCC(=O)O.CCCCCCCC(=O)O. The maximum absolute atomic E-state index is 10.0. The van der Waals surface area contributed by atoms with Crippen molar-refractivity contribution < 1.29 is 29.7 Å². The predicted octanol–water partition coefficient (Wildman–Crippen LogP) is 5.20. The van der Waals surface area contributed by atoms with E-state index in [0.29, 0.717) is 12.8 Å². The molecule has 150 valence electrons. The molecule has 0 saturated carbocycles. The van der Waals surface area contributed by atoms with E-state index in [0.717, 1.165) is 32.1 Å². The van der Waals surface area contributed by atoms with Gasteiger partial charge in [-0.2, -0.15) is 0 Å². The number of carboxylic acids is 3. The molecular weight excluding hydrogens is 324 g/mol. The second-order valence-electron chi connectivity index (χ2n) is 6.40. The van der Waals surface area contributed by atoms with Crippen molar-refractivity contribution in [1.29, 1.82) is 0 Å². The molecule has 0 radical (unpaired) electrons. The van der Waals surface area contributed by atoms with E-state index in [-0.39, 0.29) is 12.3 Å². The highest BCUT2D eigenvalue weighted by Crippen LogP contribution is 2.04. The molecule has 6 nitrogen and oxygen atoms in total. The zero-order chi connectivity index (χ0) is 20.1. The van der Waals surface area contributed by atoms with Crippen molar-refractivity contribution >= 4 is 17.9 Å². The lowest BCUT2D eigenvalue weighted by atomic mass is 10.1. The number of hydrogen-bond donors (Lipinski definition) is 3. The van der Waals surface area contributed by atoms with Crippen LogP contribution >= 0.6 is 0 Å². The summed E-state index contributed by atoms with van der Waals surface area (Å²) in [4.78, 5) is 29.7. The molecule has 3 N–H and O–H groups in total. The van der Waals surface area contributed by atoms with Crippen molar-refractivity contribution in [1.82, 2.24) is 0 Å². The first-order chi connectivity index (χ1) is 11.7. The minimum Gasteiger partial charge on any atom is -0.481 e. The number of hydrogen-bond acceptors (Lipinski definition) is 3. The van der Waals surface area contributed by atoms with Gasteiger partial charge in [0.2, 0.25) is 0 Å². The molecule has 0 bridgehead atoms. The first kappa shape index (κ1) is 28.2. The normalized spacial score (nSPS) is 9.48. The van der Waals surface area contributed by atoms with E-state index < -0.39 is 17.9 Å². The average Bonchev–Trinajstić information content (AvgIpc) is 2.46. The van der Waals surface area contributed by atoms with E-state index in [1.165, 1.54) is 19.3 Å². The Morgan fingerprint density at radius 1 is 0.640 bits per heavy atom. The second kappa shape index (κ2) is 22.4. The molecule has 0 aromatic heterocycles. The Labute approximate surface area is 152 Å². The van der Waals surface area contributed by atoms with Gasteiger partial charge in [-0.15, -0.1) is 0 Å². The molecule has 0 aromatic carbocycles. The highest BCUT2D eigenvalue weighted by Gasteiger charge is 1.98. The summed E-state index contributed by atoms with van der Waals surface area (Å²) in [6, 6.07) is 0. The molecule has 0 aliphatic heterocycles. The molecule has 0 rings (SSSR count). The van der Waals surface area contributed by atoms with Gasteiger partial charge in [0, 0.05) is 19.3 Å².